The van der Waals surface area contributed by atoms with Gasteiger partial charge in [-0.3, -0.25) is 9.59 Å². The van der Waals surface area contributed by atoms with Crippen molar-refractivity contribution < 1.29 is 19.4 Å². The Morgan fingerprint density at radius 2 is 2.11 bits per heavy atom. The maximum absolute atomic E-state index is 12.3. The number of likely N-dealkylation sites (N-methyl/N-ethyl adjacent to an activating group) is 1. The molecule has 0 radical (unpaired) electrons. The topological polar surface area (TPSA) is 92.9 Å². The first-order valence-corrected chi connectivity index (χ1v) is 6.85. The quantitative estimate of drug-likeness (QED) is 0.695. The Bertz CT molecular complexity index is 318. The minimum Gasteiger partial charge on any atom is -0.481 e. The molecule has 1 aliphatic heterocycles. The molecule has 3 unspecified atom stereocenters. The lowest BCUT2D eigenvalue weighted by Gasteiger charge is -2.30. The molecule has 1 rings (SSSR count). The highest BCUT2D eigenvalue weighted by molar-refractivity contribution is 5.78. The van der Waals surface area contributed by atoms with E-state index >= 15 is 0 Å². The largest absolute Gasteiger partial charge is 0.481 e. The number of nitrogens with zero attached hydrogens (tertiary/aromatic N) is 1. The van der Waals surface area contributed by atoms with E-state index in [0.29, 0.717) is 26.1 Å². The van der Waals surface area contributed by atoms with Crippen LogP contribution >= 0.6 is 0 Å². The van der Waals surface area contributed by atoms with Crippen LogP contribution in [0.2, 0.25) is 0 Å². The van der Waals surface area contributed by atoms with Gasteiger partial charge in [0.2, 0.25) is 5.91 Å². The van der Waals surface area contributed by atoms with Gasteiger partial charge in [-0.2, -0.15) is 0 Å². The van der Waals surface area contributed by atoms with Gasteiger partial charge in [-0.1, -0.05) is 13.3 Å². The highest BCUT2D eigenvalue weighted by Crippen LogP contribution is 2.22. The summed E-state index contributed by atoms with van der Waals surface area (Å²) in [6.07, 6.45) is 1.23. The van der Waals surface area contributed by atoms with Crippen molar-refractivity contribution >= 4 is 11.9 Å². The van der Waals surface area contributed by atoms with Gasteiger partial charge in [0.05, 0.1) is 19.3 Å². The maximum atomic E-state index is 12.3. The molecule has 0 spiro atoms. The van der Waals surface area contributed by atoms with Crippen LogP contribution in [0.1, 0.15) is 26.7 Å². The minimum atomic E-state index is -0.903. The second-order valence-corrected chi connectivity index (χ2v) is 4.94. The summed E-state index contributed by atoms with van der Waals surface area (Å²) in [6, 6.07) is -0.356. The number of rotatable bonds is 7. The Kier molecular flexibility index (Phi) is 6.24. The van der Waals surface area contributed by atoms with Crippen LogP contribution in [0.3, 0.4) is 0 Å². The summed E-state index contributed by atoms with van der Waals surface area (Å²) in [5.41, 5.74) is 5.61. The van der Waals surface area contributed by atoms with E-state index in [1.807, 2.05) is 13.8 Å². The monoisotopic (exact) mass is 272 g/mol. The molecule has 1 heterocycles. The zero-order valence-electron chi connectivity index (χ0n) is 11.7. The highest BCUT2D eigenvalue weighted by Gasteiger charge is 2.39. The third-order valence-corrected chi connectivity index (χ3v) is 3.80. The van der Waals surface area contributed by atoms with Crippen LogP contribution in [0.4, 0.5) is 0 Å². The van der Waals surface area contributed by atoms with Crippen molar-refractivity contribution in [3.05, 3.63) is 0 Å². The maximum Gasteiger partial charge on any atom is 0.311 e. The fourth-order valence-corrected chi connectivity index (χ4v) is 2.44. The summed E-state index contributed by atoms with van der Waals surface area (Å²) >= 11 is 0. The number of amides is 1. The predicted octanol–water partition coefficient (Wildman–Crippen LogP) is 0.310. The first-order chi connectivity index (χ1) is 9.04. The SMILES string of the molecule is CCC(CN)CC(=O)N(CC)C1COCC1C(=O)O. The first kappa shape index (κ1) is 15.9. The van der Waals surface area contributed by atoms with E-state index in [9.17, 15) is 9.59 Å². The van der Waals surface area contributed by atoms with E-state index < -0.39 is 11.9 Å². The van der Waals surface area contributed by atoms with E-state index in [0.717, 1.165) is 6.42 Å². The van der Waals surface area contributed by atoms with Crippen LogP contribution in [0.15, 0.2) is 0 Å². The number of carbonyl (C=O) groups excluding carboxylic acids is 1. The lowest BCUT2D eigenvalue weighted by molar-refractivity contribution is -0.145. The Labute approximate surface area is 113 Å². The van der Waals surface area contributed by atoms with E-state index in [1.54, 1.807) is 4.90 Å². The normalized spacial score (nSPS) is 24.2. The van der Waals surface area contributed by atoms with Crippen molar-refractivity contribution in [3.8, 4) is 0 Å². The molecule has 3 N–H and O–H groups in total. The molecule has 0 aromatic carbocycles. The molecule has 6 nitrogen and oxygen atoms in total. The van der Waals surface area contributed by atoms with Gasteiger partial charge in [0.25, 0.3) is 0 Å². The molecule has 6 heteroatoms. The molecular formula is C13H24N2O4. The van der Waals surface area contributed by atoms with Gasteiger partial charge >= 0.3 is 5.97 Å². The number of carboxylic acid groups (broad SMARTS) is 1. The van der Waals surface area contributed by atoms with Gasteiger partial charge in [-0.15, -0.1) is 0 Å². The Morgan fingerprint density at radius 3 is 2.58 bits per heavy atom. The van der Waals surface area contributed by atoms with Crippen molar-refractivity contribution in [2.24, 2.45) is 17.6 Å². The molecule has 1 saturated heterocycles. The number of aliphatic carboxylic acids is 1. The van der Waals surface area contributed by atoms with E-state index in [4.69, 9.17) is 15.6 Å². The van der Waals surface area contributed by atoms with Crippen molar-refractivity contribution in [2.45, 2.75) is 32.7 Å². The van der Waals surface area contributed by atoms with E-state index in [1.165, 1.54) is 0 Å². The fraction of sp³-hybridized carbons (Fsp3) is 0.846. The zero-order valence-corrected chi connectivity index (χ0v) is 11.7. The van der Waals surface area contributed by atoms with Crippen molar-refractivity contribution in [1.82, 2.24) is 4.90 Å². The number of hydrogen-bond donors (Lipinski definition) is 2. The lowest BCUT2D eigenvalue weighted by Crippen LogP contribution is -2.47. The molecule has 1 aliphatic rings. The zero-order chi connectivity index (χ0) is 14.4. The van der Waals surface area contributed by atoms with Crippen molar-refractivity contribution in [2.75, 3.05) is 26.3 Å². The van der Waals surface area contributed by atoms with Crippen LogP contribution in [-0.4, -0.2) is 54.2 Å². The summed E-state index contributed by atoms with van der Waals surface area (Å²) in [5, 5.41) is 9.15. The summed E-state index contributed by atoms with van der Waals surface area (Å²) in [5.74, 6) is -1.39. The number of carbonyl (C=O) groups is 2. The van der Waals surface area contributed by atoms with Crippen molar-refractivity contribution in [3.63, 3.8) is 0 Å². The summed E-state index contributed by atoms with van der Waals surface area (Å²) in [7, 11) is 0. The smallest absolute Gasteiger partial charge is 0.311 e. The minimum absolute atomic E-state index is 0.0263. The molecular weight excluding hydrogens is 248 g/mol. The van der Waals surface area contributed by atoms with Crippen LogP contribution in [0.25, 0.3) is 0 Å². The fourth-order valence-electron chi connectivity index (χ4n) is 2.44. The Balaban J connectivity index is 2.71. The average molecular weight is 272 g/mol. The van der Waals surface area contributed by atoms with Gasteiger partial charge in [-0.05, 0) is 19.4 Å². The first-order valence-electron chi connectivity index (χ1n) is 6.85. The molecule has 0 saturated carbocycles. The van der Waals surface area contributed by atoms with Gasteiger partial charge in [0, 0.05) is 13.0 Å². The second-order valence-electron chi connectivity index (χ2n) is 4.94. The molecule has 0 aliphatic carbocycles. The number of nitrogens with two attached hydrogens (primary N) is 1. The lowest BCUT2D eigenvalue weighted by atomic mass is 9.98. The second kappa shape index (κ2) is 7.45. The van der Waals surface area contributed by atoms with Crippen molar-refractivity contribution in [1.29, 1.82) is 0 Å². The molecule has 19 heavy (non-hydrogen) atoms. The summed E-state index contributed by atoms with van der Waals surface area (Å²) < 4.78 is 5.22. The third-order valence-electron chi connectivity index (χ3n) is 3.80. The van der Waals surface area contributed by atoms with Gasteiger partial charge in [0.1, 0.15) is 5.92 Å². The number of carboxylic acids is 1. The van der Waals surface area contributed by atoms with Gasteiger partial charge in [0.15, 0.2) is 0 Å². The van der Waals surface area contributed by atoms with Gasteiger partial charge in [-0.25, -0.2) is 0 Å². The summed E-state index contributed by atoms with van der Waals surface area (Å²) in [4.78, 5) is 25.1. The van der Waals surface area contributed by atoms with E-state index in [2.05, 4.69) is 0 Å². The van der Waals surface area contributed by atoms with Gasteiger partial charge < -0.3 is 20.5 Å². The van der Waals surface area contributed by atoms with Crippen LogP contribution in [0, 0.1) is 11.8 Å². The molecule has 0 bridgehead atoms. The van der Waals surface area contributed by atoms with Crippen LogP contribution < -0.4 is 5.73 Å². The molecule has 110 valence electrons. The van der Waals surface area contributed by atoms with Crippen LogP contribution in [-0.2, 0) is 14.3 Å². The predicted molar refractivity (Wildman–Crippen MR) is 70.6 cm³/mol. The molecule has 1 fully saturated rings. The van der Waals surface area contributed by atoms with E-state index in [-0.39, 0.29) is 24.5 Å². The number of ether oxygens (including phenoxy) is 1. The molecule has 1 amide bonds. The summed E-state index contributed by atoms with van der Waals surface area (Å²) in [6.45, 7) is 5.31. The average Bonchev–Trinajstić information content (AvgIpc) is 2.86. The highest BCUT2D eigenvalue weighted by atomic mass is 16.5. The van der Waals surface area contributed by atoms with Crippen LogP contribution in [0.5, 0.6) is 0 Å². The Hall–Kier alpha value is -1.14. The molecule has 0 aromatic heterocycles. The Morgan fingerprint density at radius 1 is 1.42 bits per heavy atom. The molecule has 0 aromatic rings. The number of hydrogen-bond acceptors (Lipinski definition) is 4. The standard InChI is InChI=1S/C13H24N2O4/c1-3-9(6-14)5-12(16)15(4-2)11-8-19-7-10(11)13(17)18/h9-11H,3-8,14H2,1-2H3,(H,17,18). The third kappa shape index (κ3) is 3.91. The molecule has 3 atom stereocenters.